The van der Waals surface area contributed by atoms with Crippen LogP contribution in [0, 0.1) is 5.82 Å². The van der Waals surface area contributed by atoms with E-state index in [4.69, 9.17) is 0 Å². The summed E-state index contributed by atoms with van der Waals surface area (Å²) in [5.74, 6) is -0.695. The highest BCUT2D eigenvalue weighted by Crippen LogP contribution is 2.26. The summed E-state index contributed by atoms with van der Waals surface area (Å²) in [5, 5.41) is 6.02. The number of nitrogens with one attached hydrogen (secondary N) is 2. The second kappa shape index (κ2) is 7.21. The monoisotopic (exact) mass is 444 g/mol. The maximum Gasteiger partial charge on any atom is 0.268 e. The summed E-state index contributed by atoms with van der Waals surface area (Å²) in [6.07, 6.45) is 3.43. The first-order valence-electron chi connectivity index (χ1n) is 8.15. The zero-order valence-electron chi connectivity index (χ0n) is 14.2. The Kier molecular flexibility index (Phi) is 4.75. The van der Waals surface area contributed by atoms with Gasteiger partial charge in [-0.15, -0.1) is 11.3 Å². The fourth-order valence-electron chi connectivity index (χ4n) is 2.76. The molecular weight excluding hydrogens is 431 g/mol. The molecule has 1 atom stereocenters. The molecule has 4 aromatic rings. The minimum atomic E-state index is -0.385. The number of amides is 1. The van der Waals surface area contributed by atoms with Gasteiger partial charge in [0.2, 0.25) is 0 Å². The van der Waals surface area contributed by atoms with Crippen LogP contribution >= 0.6 is 27.3 Å². The van der Waals surface area contributed by atoms with Gasteiger partial charge in [0, 0.05) is 33.2 Å². The highest BCUT2D eigenvalue weighted by atomic mass is 79.9. The molecule has 3 aromatic heterocycles. The summed E-state index contributed by atoms with van der Waals surface area (Å²) in [6.45, 7) is 1.87. The molecule has 0 bridgehead atoms. The van der Waals surface area contributed by atoms with Crippen LogP contribution in [0.2, 0.25) is 0 Å². The predicted molar refractivity (Wildman–Crippen MR) is 107 cm³/mol. The van der Waals surface area contributed by atoms with E-state index in [1.807, 2.05) is 24.4 Å². The SMILES string of the molecule is CC(NC(=O)c1cc2c(F)cc(Br)cc2[nH]1)c1nc(-c2ccncc2)cs1. The number of thiazole rings is 1. The summed E-state index contributed by atoms with van der Waals surface area (Å²) >= 11 is 4.73. The van der Waals surface area contributed by atoms with Crippen LogP contribution in [0.15, 0.2) is 52.6 Å². The Morgan fingerprint density at radius 1 is 1.30 bits per heavy atom. The summed E-state index contributed by atoms with van der Waals surface area (Å²) in [4.78, 5) is 24.1. The number of carbonyl (C=O) groups excluding carboxylic acids is 1. The van der Waals surface area contributed by atoms with E-state index in [0.29, 0.717) is 21.1 Å². The number of benzene rings is 1. The molecule has 0 aliphatic carbocycles. The third-order valence-corrected chi connectivity index (χ3v) is 5.60. The molecular formula is C19H14BrFN4OS. The van der Waals surface area contributed by atoms with Crippen LogP contribution in [0.5, 0.6) is 0 Å². The average molecular weight is 445 g/mol. The molecule has 0 aliphatic rings. The molecule has 0 spiro atoms. The van der Waals surface area contributed by atoms with Gasteiger partial charge in [-0.2, -0.15) is 0 Å². The number of aromatic amines is 1. The smallest absolute Gasteiger partial charge is 0.268 e. The molecule has 136 valence electrons. The van der Waals surface area contributed by atoms with Crippen LogP contribution in [0.3, 0.4) is 0 Å². The van der Waals surface area contributed by atoms with E-state index in [9.17, 15) is 9.18 Å². The fourth-order valence-corrected chi connectivity index (χ4v) is 4.03. The van der Waals surface area contributed by atoms with Crippen molar-refractivity contribution in [2.75, 3.05) is 0 Å². The topological polar surface area (TPSA) is 70.7 Å². The van der Waals surface area contributed by atoms with Crippen molar-refractivity contribution in [2.45, 2.75) is 13.0 Å². The van der Waals surface area contributed by atoms with Gasteiger partial charge in [0.15, 0.2) is 0 Å². The molecule has 27 heavy (non-hydrogen) atoms. The van der Waals surface area contributed by atoms with E-state index in [0.717, 1.165) is 16.3 Å². The van der Waals surface area contributed by atoms with Gasteiger partial charge in [-0.25, -0.2) is 9.37 Å². The number of fused-ring (bicyclic) bond motifs is 1. The lowest BCUT2D eigenvalue weighted by Gasteiger charge is -2.10. The standard InChI is InChI=1S/C19H14BrFN4OS/c1-10(19-25-17(9-27-19)11-2-4-22-5-3-11)23-18(26)16-8-13-14(21)6-12(20)7-15(13)24-16/h2-10,24H,1H3,(H,23,26). The second-order valence-corrected chi connectivity index (χ2v) is 7.84. The van der Waals surface area contributed by atoms with E-state index < -0.39 is 0 Å². The second-order valence-electron chi connectivity index (χ2n) is 6.03. The summed E-state index contributed by atoms with van der Waals surface area (Å²) < 4.78 is 14.6. The molecule has 0 saturated heterocycles. The van der Waals surface area contributed by atoms with Crippen LogP contribution in [0.4, 0.5) is 4.39 Å². The van der Waals surface area contributed by atoms with Crippen LogP contribution in [0.25, 0.3) is 22.2 Å². The Hall–Kier alpha value is -2.58. The van der Waals surface area contributed by atoms with E-state index in [1.54, 1.807) is 18.5 Å². The largest absolute Gasteiger partial charge is 0.350 e. The number of nitrogens with zero attached hydrogens (tertiary/aromatic N) is 2. The summed E-state index contributed by atoms with van der Waals surface area (Å²) in [6, 6.07) is 8.13. The summed E-state index contributed by atoms with van der Waals surface area (Å²) in [5.41, 5.74) is 2.69. The molecule has 1 amide bonds. The van der Waals surface area contributed by atoms with Gasteiger partial charge in [0.05, 0.1) is 17.3 Å². The number of hydrogen-bond donors (Lipinski definition) is 2. The van der Waals surface area contributed by atoms with Crippen molar-refractivity contribution >= 4 is 44.1 Å². The number of aromatic nitrogens is 3. The van der Waals surface area contributed by atoms with Crippen molar-refractivity contribution in [3.05, 3.63) is 69.1 Å². The lowest BCUT2D eigenvalue weighted by Crippen LogP contribution is -2.26. The number of pyridine rings is 1. The fraction of sp³-hybridized carbons (Fsp3) is 0.105. The number of rotatable bonds is 4. The highest BCUT2D eigenvalue weighted by molar-refractivity contribution is 9.10. The average Bonchev–Trinajstić information content (AvgIpc) is 3.30. The van der Waals surface area contributed by atoms with E-state index in [1.165, 1.54) is 23.5 Å². The van der Waals surface area contributed by atoms with Crippen molar-refractivity contribution in [1.82, 2.24) is 20.3 Å². The minimum Gasteiger partial charge on any atom is -0.350 e. The lowest BCUT2D eigenvalue weighted by atomic mass is 10.2. The molecule has 1 aromatic carbocycles. The normalized spacial score (nSPS) is 12.3. The first-order valence-corrected chi connectivity index (χ1v) is 9.83. The molecule has 2 N–H and O–H groups in total. The van der Waals surface area contributed by atoms with Crippen molar-refractivity contribution in [3.8, 4) is 11.3 Å². The quantitative estimate of drug-likeness (QED) is 0.460. The van der Waals surface area contributed by atoms with Crippen LogP contribution in [-0.4, -0.2) is 20.9 Å². The Morgan fingerprint density at radius 3 is 2.85 bits per heavy atom. The molecule has 1 unspecified atom stereocenters. The van der Waals surface area contributed by atoms with Gasteiger partial charge in [-0.3, -0.25) is 9.78 Å². The van der Waals surface area contributed by atoms with Gasteiger partial charge >= 0.3 is 0 Å². The van der Waals surface area contributed by atoms with E-state index >= 15 is 0 Å². The molecule has 3 heterocycles. The molecule has 8 heteroatoms. The lowest BCUT2D eigenvalue weighted by molar-refractivity contribution is 0.0935. The first kappa shape index (κ1) is 17.8. The number of H-pyrrole nitrogens is 1. The van der Waals surface area contributed by atoms with Gasteiger partial charge in [0.1, 0.15) is 16.5 Å². The van der Waals surface area contributed by atoms with Gasteiger partial charge in [-0.05, 0) is 37.3 Å². The van der Waals surface area contributed by atoms with Crippen LogP contribution in [-0.2, 0) is 0 Å². The van der Waals surface area contributed by atoms with Gasteiger partial charge in [0.25, 0.3) is 5.91 Å². The predicted octanol–water partition coefficient (Wildman–Crippen LogP) is 5.08. The number of halogens is 2. The first-order chi connectivity index (χ1) is 13.0. The van der Waals surface area contributed by atoms with Crippen LogP contribution < -0.4 is 5.32 Å². The Bertz CT molecular complexity index is 1130. The third-order valence-electron chi connectivity index (χ3n) is 4.11. The molecule has 5 nitrogen and oxygen atoms in total. The van der Waals surface area contributed by atoms with E-state index in [-0.39, 0.29) is 17.8 Å². The molecule has 0 radical (unpaired) electrons. The van der Waals surface area contributed by atoms with Crippen molar-refractivity contribution < 1.29 is 9.18 Å². The molecule has 0 saturated carbocycles. The molecule has 4 rings (SSSR count). The van der Waals surface area contributed by atoms with Crippen molar-refractivity contribution in [1.29, 1.82) is 0 Å². The third kappa shape index (κ3) is 3.63. The minimum absolute atomic E-state index is 0.277. The van der Waals surface area contributed by atoms with Crippen molar-refractivity contribution in [3.63, 3.8) is 0 Å². The molecule has 0 fully saturated rings. The number of carbonyl (C=O) groups is 1. The van der Waals surface area contributed by atoms with Gasteiger partial charge < -0.3 is 10.3 Å². The Morgan fingerprint density at radius 2 is 2.07 bits per heavy atom. The van der Waals surface area contributed by atoms with Gasteiger partial charge in [-0.1, -0.05) is 15.9 Å². The zero-order chi connectivity index (χ0) is 19.0. The van der Waals surface area contributed by atoms with Crippen molar-refractivity contribution in [2.24, 2.45) is 0 Å². The Balaban J connectivity index is 1.53. The van der Waals surface area contributed by atoms with E-state index in [2.05, 4.69) is 36.2 Å². The Labute approximate surface area is 166 Å². The zero-order valence-corrected chi connectivity index (χ0v) is 16.6. The highest BCUT2D eigenvalue weighted by Gasteiger charge is 2.18. The van der Waals surface area contributed by atoms with Crippen LogP contribution in [0.1, 0.15) is 28.5 Å². The maximum absolute atomic E-state index is 14.0. The number of hydrogen-bond acceptors (Lipinski definition) is 4. The maximum atomic E-state index is 14.0. The molecule has 0 aliphatic heterocycles. The summed E-state index contributed by atoms with van der Waals surface area (Å²) in [7, 11) is 0.